The van der Waals surface area contributed by atoms with Gasteiger partial charge < -0.3 is 4.74 Å². The fraction of sp³-hybridized carbons (Fsp3) is 0.214. The molecule has 24 heavy (non-hydrogen) atoms. The average molecular weight is 480 g/mol. The minimum atomic E-state index is -3.39. The Bertz CT molecular complexity index is 921. The number of thiazole rings is 1. The molecule has 7 nitrogen and oxygen atoms in total. The predicted octanol–water partition coefficient (Wildman–Crippen LogP) is 2.64. The molecule has 0 radical (unpaired) electrons. The summed E-state index contributed by atoms with van der Waals surface area (Å²) in [7, 11) is -3.39. The molecule has 1 heterocycles. The van der Waals surface area contributed by atoms with Crippen LogP contribution in [0.1, 0.15) is 22.8 Å². The van der Waals surface area contributed by atoms with Crippen LogP contribution in [0, 0.1) is 10.5 Å². The molecule has 0 saturated carbocycles. The second-order valence-corrected chi connectivity index (χ2v) is 9.42. The molecule has 0 saturated heterocycles. The highest BCUT2D eigenvalue weighted by molar-refractivity contribution is 14.1. The van der Waals surface area contributed by atoms with Gasteiger partial charge in [-0.05, 0) is 47.2 Å². The molecule has 10 heteroatoms. The first-order valence-electron chi connectivity index (χ1n) is 6.53. The van der Waals surface area contributed by atoms with Crippen molar-refractivity contribution in [1.29, 1.82) is 0 Å². The Morgan fingerprint density at radius 1 is 1.33 bits per heavy atom. The maximum Gasteiger partial charge on any atom is 0.308 e. The van der Waals surface area contributed by atoms with Gasteiger partial charge >= 0.3 is 5.97 Å². The van der Waals surface area contributed by atoms with Crippen molar-refractivity contribution in [2.24, 2.45) is 0 Å². The molecule has 0 aliphatic heterocycles. The molecule has 1 N–H and O–H groups in total. The van der Waals surface area contributed by atoms with E-state index in [1.165, 1.54) is 13.1 Å². The lowest BCUT2D eigenvalue weighted by atomic mass is 10.1. The van der Waals surface area contributed by atoms with Crippen molar-refractivity contribution in [2.75, 3.05) is 11.6 Å². The summed E-state index contributed by atoms with van der Waals surface area (Å²) in [6.45, 7) is 2.97. The number of rotatable bonds is 4. The van der Waals surface area contributed by atoms with Crippen molar-refractivity contribution in [3.63, 3.8) is 0 Å². The van der Waals surface area contributed by atoms with Gasteiger partial charge in [-0.1, -0.05) is 11.3 Å². The van der Waals surface area contributed by atoms with Crippen LogP contribution < -0.4 is 10.1 Å². The summed E-state index contributed by atoms with van der Waals surface area (Å²) in [5.74, 6) is -0.912. The zero-order chi connectivity index (χ0) is 18.1. The number of aromatic nitrogens is 1. The van der Waals surface area contributed by atoms with Crippen LogP contribution in [-0.2, 0) is 14.6 Å². The van der Waals surface area contributed by atoms with E-state index in [9.17, 15) is 18.0 Å². The van der Waals surface area contributed by atoms with E-state index in [4.69, 9.17) is 4.74 Å². The number of carbonyl (C=O) groups is 2. The predicted molar refractivity (Wildman–Crippen MR) is 98.4 cm³/mol. The van der Waals surface area contributed by atoms with Crippen molar-refractivity contribution in [3.8, 4) is 5.75 Å². The summed E-state index contributed by atoms with van der Waals surface area (Å²) in [4.78, 5) is 27.6. The summed E-state index contributed by atoms with van der Waals surface area (Å²) in [6, 6.07) is 3.35. The van der Waals surface area contributed by atoms with Crippen molar-refractivity contribution < 1.29 is 22.7 Å². The fourth-order valence-corrected chi connectivity index (χ4v) is 4.24. The van der Waals surface area contributed by atoms with E-state index in [-0.39, 0.29) is 20.7 Å². The first-order chi connectivity index (χ1) is 11.1. The minimum absolute atomic E-state index is 0.0526. The summed E-state index contributed by atoms with van der Waals surface area (Å²) in [6.07, 6.45) is 2.25. The number of amides is 1. The Hall–Kier alpha value is -1.53. The third-order valence-electron chi connectivity index (χ3n) is 2.80. The average Bonchev–Trinajstić information content (AvgIpc) is 2.89. The number of halogens is 1. The molecule has 2 aromatic rings. The number of hydrogen-bond donors (Lipinski definition) is 1. The van der Waals surface area contributed by atoms with Crippen LogP contribution >= 0.6 is 33.9 Å². The molecule has 0 aliphatic rings. The summed E-state index contributed by atoms with van der Waals surface area (Å²) >= 11 is 2.90. The fourth-order valence-electron chi connectivity index (χ4n) is 1.83. The van der Waals surface area contributed by atoms with E-state index < -0.39 is 21.7 Å². The smallest absolute Gasteiger partial charge is 0.308 e. The zero-order valence-corrected chi connectivity index (χ0v) is 16.7. The number of nitrogens with zero attached hydrogens (tertiary/aromatic N) is 1. The van der Waals surface area contributed by atoms with Crippen LogP contribution in [0.25, 0.3) is 0 Å². The van der Waals surface area contributed by atoms with Crippen LogP contribution in [-0.4, -0.2) is 31.5 Å². The largest absolute Gasteiger partial charge is 0.426 e. The Labute approximate surface area is 156 Å². The van der Waals surface area contributed by atoms with E-state index in [0.29, 0.717) is 5.56 Å². The van der Waals surface area contributed by atoms with Crippen molar-refractivity contribution in [2.45, 2.75) is 18.1 Å². The van der Waals surface area contributed by atoms with Crippen molar-refractivity contribution in [3.05, 3.63) is 33.0 Å². The van der Waals surface area contributed by atoms with E-state index in [1.54, 1.807) is 19.1 Å². The Balaban J connectivity index is 2.36. The van der Waals surface area contributed by atoms with Crippen molar-refractivity contribution in [1.82, 2.24) is 4.98 Å². The number of anilines is 1. The van der Waals surface area contributed by atoms with Crippen LogP contribution in [0.2, 0.25) is 0 Å². The maximum atomic E-state index is 12.5. The molecular formula is C14H13IN2O5S2. The van der Waals surface area contributed by atoms with E-state index in [1.807, 2.05) is 22.6 Å². The number of carbonyl (C=O) groups excluding carboxylic acids is 2. The highest BCUT2D eigenvalue weighted by Crippen LogP contribution is 2.29. The van der Waals surface area contributed by atoms with Crippen molar-refractivity contribution >= 4 is 60.8 Å². The molecular weight excluding hydrogens is 467 g/mol. The molecule has 0 atom stereocenters. The zero-order valence-electron chi connectivity index (χ0n) is 12.9. The van der Waals surface area contributed by atoms with Gasteiger partial charge in [0, 0.05) is 16.7 Å². The van der Waals surface area contributed by atoms with Crippen LogP contribution in [0.15, 0.2) is 22.5 Å². The topological polar surface area (TPSA) is 102 Å². The molecule has 0 fully saturated rings. The number of sulfone groups is 1. The highest BCUT2D eigenvalue weighted by atomic mass is 127. The third kappa shape index (κ3) is 4.51. The van der Waals surface area contributed by atoms with Crippen LogP contribution in [0.5, 0.6) is 5.75 Å². The molecule has 128 valence electrons. The highest BCUT2D eigenvalue weighted by Gasteiger charge is 2.20. The van der Waals surface area contributed by atoms with Gasteiger partial charge in [-0.3, -0.25) is 14.9 Å². The number of aryl methyl sites for hydroxylation is 1. The van der Waals surface area contributed by atoms with E-state index >= 15 is 0 Å². The molecule has 0 spiro atoms. The third-order valence-corrected chi connectivity index (χ3v) is 6.13. The molecule has 2 rings (SSSR count). The van der Waals surface area contributed by atoms with Crippen LogP contribution in [0.3, 0.4) is 0 Å². The van der Waals surface area contributed by atoms with E-state index in [2.05, 4.69) is 10.3 Å². The first kappa shape index (κ1) is 18.8. The molecule has 1 amide bonds. The molecule has 0 bridgehead atoms. The SMILES string of the molecule is CC(=O)Oc1c(C)cc(I)cc1C(=O)Nc1ncc(S(C)(=O)=O)s1. The van der Waals surface area contributed by atoms with Gasteiger partial charge in [-0.25, -0.2) is 13.4 Å². The van der Waals surface area contributed by atoms with Crippen LogP contribution in [0.4, 0.5) is 5.13 Å². The minimum Gasteiger partial charge on any atom is -0.426 e. The van der Waals surface area contributed by atoms with Gasteiger partial charge in [-0.15, -0.1) is 0 Å². The van der Waals surface area contributed by atoms with Gasteiger partial charge in [0.05, 0.1) is 11.8 Å². The summed E-state index contributed by atoms with van der Waals surface area (Å²) in [5, 5.41) is 2.67. The normalized spacial score (nSPS) is 11.2. The van der Waals surface area contributed by atoms with Gasteiger partial charge in [0.15, 0.2) is 15.0 Å². The Kier molecular flexibility index (Phi) is 5.60. The quantitative estimate of drug-likeness (QED) is 0.410. The maximum absolute atomic E-state index is 12.5. The second-order valence-electron chi connectivity index (χ2n) is 4.90. The van der Waals surface area contributed by atoms with Gasteiger partial charge in [0.2, 0.25) is 0 Å². The number of ether oxygens (including phenoxy) is 1. The lowest BCUT2D eigenvalue weighted by molar-refractivity contribution is -0.131. The summed E-state index contributed by atoms with van der Waals surface area (Å²) < 4.78 is 28.9. The molecule has 1 aromatic carbocycles. The molecule has 0 unspecified atom stereocenters. The first-order valence-corrected chi connectivity index (χ1v) is 10.3. The number of nitrogens with one attached hydrogen (secondary N) is 1. The lowest BCUT2D eigenvalue weighted by Crippen LogP contribution is -2.16. The monoisotopic (exact) mass is 480 g/mol. The Morgan fingerprint density at radius 2 is 2.00 bits per heavy atom. The van der Waals surface area contributed by atoms with Gasteiger partial charge in [0.1, 0.15) is 9.96 Å². The molecule has 0 aliphatic carbocycles. The number of hydrogen-bond acceptors (Lipinski definition) is 7. The standard InChI is InChI=1S/C14H13IN2O5S2/c1-7-4-9(15)5-10(12(7)22-8(2)18)13(19)17-14-16-6-11(23-14)24(3,20)21/h4-6H,1-3H3,(H,16,17,19). The van der Waals surface area contributed by atoms with Gasteiger partial charge in [-0.2, -0.15) is 0 Å². The number of benzene rings is 1. The number of esters is 1. The van der Waals surface area contributed by atoms with E-state index in [0.717, 1.165) is 21.2 Å². The lowest BCUT2D eigenvalue weighted by Gasteiger charge is -2.12. The van der Waals surface area contributed by atoms with Gasteiger partial charge in [0.25, 0.3) is 5.91 Å². The summed E-state index contributed by atoms with van der Waals surface area (Å²) in [5.41, 5.74) is 0.809. The molecule has 1 aromatic heterocycles. The Morgan fingerprint density at radius 3 is 2.54 bits per heavy atom. The second kappa shape index (κ2) is 7.15.